The summed E-state index contributed by atoms with van der Waals surface area (Å²) in [4.78, 5) is 13.9. The molecule has 0 aromatic heterocycles. The average molecular weight is 338 g/mol. The van der Waals surface area contributed by atoms with Gasteiger partial charge in [0.25, 0.3) is 5.91 Å². The number of carbonyl (C=O) groups is 1. The number of hydrogen-bond acceptors (Lipinski definition) is 3. The van der Waals surface area contributed by atoms with Gasteiger partial charge in [-0.1, -0.05) is 42.0 Å². The molecule has 1 N–H and O–H groups in total. The SMILES string of the molecule is CC(C)=CCCNc1ccccc1OCC(=O)N(C)c1ccccc1. The highest BCUT2D eigenvalue weighted by Gasteiger charge is 2.12. The zero-order valence-electron chi connectivity index (χ0n) is 15.2. The third-order valence-electron chi connectivity index (χ3n) is 3.77. The van der Waals surface area contributed by atoms with Crippen LogP contribution in [0.15, 0.2) is 66.2 Å². The van der Waals surface area contributed by atoms with Crippen LogP contribution in [0.25, 0.3) is 0 Å². The van der Waals surface area contributed by atoms with Crippen molar-refractivity contribution < 1.29 is 9.53 Å². The Morgan fingerprint density at radius 1 is 1.08 bits per heavy atom. The zero-order chi connectivity index (χ0) is 18.1. The van der Waals surface area contributed by atoms with Crippen molar-refractivity contribution in [2.24, 2.45) is 0 Å². The van der Waals surface area contributed by atoms with Gasteiger partial charge in [-0.25, -0.2) is 0 Å². The van der Waals surface area contributed by atoms with Gasteiger partial charge in [0, 0.05) is 19.3 Å². The lowest BCUT2D eigenvalue weighted by molar-refractivity contribution is -0.120. The number of benzene rings is 2. The normalized spacial score (nSPS) is 10.0. The minimum absolute atomic E-state index is 0.00193. The lowest BCUT2D eigenvalue weighted by atomic mass is 10.2. The number of amides is 1. The summed E-state index contributed by atoms with van der Waals surface area (Å²) in [5.41, 5.74) is 3.06. The van der Waals surface area contributed by atoms with Crippen LogP contribution >= 0.6 is 0 Å². The maximum Gasteiger partial charge on any atom is 0.264 e. The third-order valence-corrected chi connectivity index (χ3v) is 3.77. The van der Waals surface area contributed by atoms with Gasteiger partial charge in [-0.2, -0.15) is 0 Å². The number of anilines is 2. The van der Waals surface area contributed by atoms with E-state index in [-0.39, 0.29) is 12.5 Å². The molecule has 0 aliphatic carbocycles. The summed E-state index contributed by atoms with van der Waals surface area (Å²) in [7, 11) is 1.75. The Kier molecular flexibility index (Phi) is 7.08. The van der Waals surface area contributed by atoms with Crippen LogP contribution < -0.4 is 15.0 Å². The van der Waals surface area contributed by atoms with E-state index in [1.165, 1.54) is 5.57 Å². The van der Waals surface area contributed by atoms with Crippen LogP contribution in [-0.4, -0.2) is 26.1 Å². The summed E-state index contributed by atoms with van der Waals surface area (Å²) in [5, 5.41) is 3.36. The van der Waals surface area contributed by atoms with E-state index in [2.05, 4.69) is 25.2 Å². The van der Waals surface area contributed by atoms with Crippen molar-refractivity contribution in [1.29, 1.82) is 0 Å². The van der Waals surface area contributed by atoms with Crippen molar-refractivity contribution in [3.8, 4) is 5.75 Å². The molecule has 1 amide bonds. The summed E-state index contributed by atoms with van der Waals surface area (Å²) in [6, 6.07) is 17.2. The van der Waals surface area contributed by atoms with Gasteiger partial charge in [-0.3, -0.25) is 4.79 Å². The highest BCUT2D eigenvalue weighted by atomic mass is 16.5. The Hall–Kier alpha value is -2.75. The first-order valence-electron chi connectivity index (χ1n) is 8.48. The van der Waals surface area contributed by atoms with Crippen molar-refractivity contribution >= 4 is 17.3 Å². The number of nitrogens with one attached hydrogen (secondary N) is 1. The van der Waals surface area contributed by atoms with E-state index in [9.17, 15) is 4.79 Å². The van der Waals surface area contributed by atoms with Crippen LogP contribution in [0.2, 0.25) is 0 Å². The molecular weight excluding hydrogens is 312 g/mol. The second-order valence-electron chi connectivity index (χ2n) is 6.07. The summed E-state index contributed by atoms with van der Waals surface area (Å²) in [6.45, 7) is 5.00. The van der Waals surface area contributed by atoms with E-state index in [1.807, 2.05) is 54.6 Å². The average Bonchev–Trinajstić information content (AvgIpc) is 2.64. The van der Waals surface area contributed by atoms with Gasteiger partial charge in [0.2, 0.25) is 0 Å². The maximum absolute atomic E-state index is 12.3. The zero-order valence-corrected chi connectivity index (χ0v) is 15.2. The minimum atomic E-state index is -0.0921. The summed E-state index contributed by atoms with van der Waals surface area (Å²) in [5.74, 6) is 0.597. The van der Waals surface area contributed by atoms with Crippen LogP contribution in [0.3, 0.4) is 0 Å². The maximum atomic E-state index is 12.3. The van der Waals surface area contributed by atoms with E-state index in [4.69, 9.17) is 4.74 Å². The molecule has 25 heavy (non-hydrogen) atoms. The molecule has 0 heterocycles. The molecule has 0 fully saturated rings. The fraction of sp³-hybridized carbons (Fsp3) is 0.286. The summed E-state index contributed by atoms with van der Waals surface area (Å²) >= 11 is 0. The molecule has 0 aliphatic heterocycles. The van der Waals surface area contributed by atoms with E-state index < -0.39 is 0 Å². The highest BCUT2D eigenvalue weighted by molar-refractivity contribution is 5.93. The van der Waals surface area contributed by atoms with Gasteiger partial charge in [0.1, 0.15) is 5.75 Å². The van der Waals surface area contributed by atoms with E-state index >= 15 is 0 Å². The third kappa shape index (κ3) is 5.99. The molecule has 0 aliphatic rings. The molecule has 0 atom stereocenters. The first-order valence-corrected chi connectivity index (χ1v) is 8.48. The molecule has 4 heteroatoms. The molecule has 0 bridgehead atoms. The second kappa shape index (κ2) is 9.52. The summed E-state index contributed by atoms with van der Waals surface area (Å²) in [6.07, 6.45) is 3.14. The number of carbonyl (C=O) groups excluding carboxylic acids is 1. The highest BCUT2D eigenvalue weighted by Crippen LogP contribution is 2.24. The van der Waals surface area contributed by atoms with E-state index in [1.54, 1.807) is 11.9 Å². The first kappa shape index (κ1) is 18.6. The Bertz CT molecular complexity index is 707. The molecule has 0 saturated carbocycles. The predicted octanol–water partition coefficient (Wildman–Crippen LogP) is 4.50. The number of para-hydroxylation sites is 3. The van der Waals surface area contributed by atoms with Gasteiger partial charge >= 0.3 is 0 Å². The molecule has 2 aromatic rings. The fourth-order valence-corrected chi connectivity index (χ4v) is 2.34. The Morgan fingerprint density at radius 3 is 2.48 bits per heavy atom. The van der Waals surface area contributed by atoms with Crippen LogP contribution in [0, 0.1) is 0 Å². The number of nitrogens with zero attached hydrogens (tertiary/aromatic N) is 1. The van der Waals surface area contributed by atoms with Crippen LogP contribution in [0.4, 0.5) is 11.4 Å². The molecule has 0 radical (unpaired) electrons. The monoisotopic (exact) mass is 338 g/mol. The van der Waals surface area contributed by atoms with Gasteiger partial charge in [-0.05, 0) is 44.5 Å². The number of allylic oxidation sites excluding steroid dienone is 1. The predicted molar refractivity (Wildman–Crippen MR) is 104 cm³/mol. The van der Waals surface area contributed by atoms with Crippen LogP contribution in [-0.2, 0) is 4.79 Å². The van der Waals surface area contributed by atoms with Crippen molar-refractivity contribution in [3.05, 3.63) is 66.2 Å². The molecule has 4 nitrogen and oxygen atoms in total. The molecule has 2 aromatic carbocycles. The molecule has 0 saturated heterocycles. The van der Waals surface area contributed by atoms with E-state index in [0.717, 1.165) is 24.3 Å². The quantitative estimate of drug-likeness (QED) is 0.569. The minimum Gasteiger partial charge on any atom is -0.482 e. The lowest BCUT2D eigenvalue weighted by Crippen LogP contribution is -2.31. The van der Waals surface area contributed by atoms with Crippen LogP contribution in [0.1, 0.15) is 20.3 Å². The van der Waals surface area contributed by atoms with Gasteiger partial charge < -0.3 is 15.0 Å². The van der Waals surface area contributed by atoms with Crippen LogP contribution in [0.5, 0.6) is 5.75 Å². The van der Waals surface area contributed by atoms with Gasteiger partial charge in [-0.15, -0.1) is 0 Å². The van der Waals surface area contributed by atoms with E-state index in [0.29, 0.717) is 5.75 Å². The lowest BCUT2D eigenvalue weighted by Gasteiger charge is -2.18. The summed E-state index contributed by atoms with van der Waals surface area (Å²) < 4.78 is 5.75. The number of hydrogen-bond donors (Lipinski definition) is 1. The van der Waals surface area contributed by atoms with Crippen molar-refractivity contribution in [1.82, 2.24) is 0 Å². The largest absolute Gasteiger partial charge is 0.482 e. The Balaban J connectivity index is 1.92. The smallest absolute Gasteiger partial charge is 0.264 e. The Morgan fingerprint density at radius 2 is 1.76 bits per heavy atom. The fourth-order valence-electron chi connectivity index (χ4n) is 2.34. The van der Waals surface area contributed by atoms with Gasteiger partial charge in [0.15, 0.2) is 6.61 Å². The number of likely N-dealkylation sites (N-methyl/N-ethyl adjacent to an activating group) is 1. The van der Waals surface area contributed by atoms with Gasteiger partial charge in [0.05, 0.1) is 5.69 Å². The molecule has 0 unspecified atom stereocenters. The van der Waals surface area contributed by atoms with Crippen molar-refractivity contribution in [2.45, 2.75) is 20.3 Å². The molecule has 0 spiro atoms. The first-order chi connectivity index (χ1) is 12.1. The topological polar surface area (TPSA) is 41.6 Å². The second-order valence-corrected chi connectivity index (χ2v) is 6.07. The standard InChI is InChI=1S/C21H26N2O2/c1-17(2)10-9-15-22-19-13-7-8-14-20(19)25-16-21(24)23(3)18-11-5-4-6-12-18/h4-8,10-14,22H,9,15-16H2,1-3H3. The Labute approximate surface area is 150 Å². The van der Waals surface area contributed by atoms with Crippen molar-refractivity contribution in [2.75, 3.05) is 30.4 Å². The van der Waals surface area contributed by atoms with Crippen molar-refractivity contribution in [3.63, 3.8) is 0 Å². The molecular formula is C21H26N2O2. The number of ether oxygens (including phenoxy) is 1. The molecule has 2 rings (SSSR count). The molecule has 132 valence electrons. The number of rotatable bonds is 8.